The number of thiophene rings is 1. The van der Waals surface area contributed by atoms with Crippen LogP contribution in [0.25, 0.3) is 0 Å². The Hall–Kier alpha value is -2.12. The molecule has 0 aliphatic carbocycles. The highest BCUT2D eigenvalue weighted by molar-refractivity contribution is 8.00. The quantitative estimate of drug-likeness (QED) is 0.488. The van der Waals surface area contributed by atoms with Crippen LogP contribution >= 0.6 is 23.1 Å². The van der Waals surface area contributed by atoms with Crippen LogP contribution in [0.2, 0.25) is 0 Å². The van der Waals surface area contributed by atoms with Gasteiger partial charge in [-0.2, -0.15) is 0 Å². The number of nitrogens with one attached hydrogen (secondary N) is 1. The van der Waals surface area contributed by atoms with Crippen LogP contribution in [0.4, 0.5) is 5.69 Å². The molecule has 3 rings (SSSR count). The van der Waals surface area contributed by atoms with E-state index in [9.17, 15) is 4.79 Å². The normalized spacial score (nSPS) is 13.2. The van der Waals surface area contributed by atoms with Crippen LogP contribution in [0.3, 0.4) is 0 Å². The van der Waals surface area contributed by atoms with Gasteiger partial charge in [0.2, 0.25) is 5.91 Å². The number of benzene rings is 1. The van der Waals surface area contributed by atoms with Crippen molar-refractivity contribution in [2.45, 2.75) is 56.5 Å². The van der Waals surface area contributed by atoms with Crippen LogP contribution in [-0.2, 0) is 17.8 Å². The molecule has 1 aromatic carbocycles. The number of para-hydroxylation sites is 1. The summed E-state index contributed by atoms with van der Waals surface area (Å²) in [6.45, 7) is 7.05. The summed E-state index contributed by atoms with van der Waals surface area (Å²) >= 11 is 3.19. The van der Waals surface area contributed by atoms with Crippen molar-refractivity contribution in [1.82, 2.24) is 14.8 Å². The Balaban J connectivity index is 1.62. The van der Waals surface area contributed by atoms with Gasteiger partial charge in [-0.05, 0) is 48.8 Å². The second-order valence-corrected chi connectivity index (χ2v) is 9.12. The molecule has 0 saturated heterocycles. The van der Waals surface area contributed by atoms with Gasteiger partial charge in [0.1, 0.15) is 6.33 Å². The molecule has 148 valence electrons. The van der Waals surface area contributed by atoms with E-state index in [1.165, 1.54) is 22.2 Å². The van der Waals surface area contributed by atoms with Crippen LogP contribution in [0, 0.1) is 0 Å². The largest absolute Gasteiger partial charge is 0.325 e. The topological polar surface area (TPSA) is 59.8 Å². The standard InChI is InChI=1S/C21H26N4OS2/c1-4-15(2)18-9-5-6-10-19(18)23-20(26)16(3)28-21-24-22-14-25(21)12-11-17-8-7-13-27-17/h5-10,13-16H,4,11-12H2,1-3H3,(H,23,26). The van der Waals surface area contributed by atoms with Crippen molar-refractivity contribution in [2.75, 3.05) is 5.32 Å². The lowest BCUT2D eigenvalue weighted by atomic mass is 9.97. The zero-order chi connectivity index (χ0) is 19.9. The van der Waals surface area contributed by atoms with Gasteiger partial charge in [-0.1, -0.05) is 49.9 Å². The summed E-state index contributed by atoms with van der Waals surface area (Å²) in [6.07, 6.45) is 3.70. The minimum atomic E-state index is -0.269. The maximum atomic E-state index is 12.8. The van der Waals surface area contributed by atoms with Crippen LogP contribution in [-0.4, -0.2) is 25.9 Å². The Kier molecular flexibility index (Phi) is 7.28. The van der Waals surface area contributed by atoms with Gasteiger partial charge in [-0.3, -0.25) is 4.79 Å². The molecule has 0 fully saturated rings. The smallest absolute Gasteiger partial charge is 0.237 e. The molecule has 5 nitrogen and oxygen atoms in total. The highest BCUT2D eigenvalue weighted by Gasteiger charge is 2.19. The lowest BCUT2D eigenvalue weighted by Crippen LogP contribution is -2.23. The third kappa shape index (κ3) is 5.23. The highest BCUT2D eigenvalue weighted by Crippen LogP contribution is 2.28. The number of carbonyl (C=O) groups excluding carboxylic acids is 1. The van der Waals surface area contributed by atoms with Crippen LogP contribution in [0.1, 0.15) is 43.6 Å². The van der Waals surface area contributed by atoms with Crippen molar-refractivity contribution in [2.24, 2.45) is 0 Å². The summed E-state index contributed by atoms with van der Waals surface area (Å²) in [4.78, 5) is 14.1. The highest BCUT2D eigenvalue weighted by atomic mass is 32.2. The van der Waals surface area contributed by atoms with Gasteiger partial charge in [-0.15, -0.1) is 21.5 Å². The zero-order valence-electron chi connectivity index (χ0n) is 16.5. The Morgan fingerprint density at radius 3 is 2.82 bits per heavy atom. The van der Waals surface area contributed by atoms with E-state index in [0.717, 1.165) is 30.2 Å². The lowest BCUT2D eigenvalue weighted by molar-refractivity contribution is -0.115. The summed E-state index contributed by atoms with van der Waals surface area (Å²) in [5, 5.41) is 13.9. The molecule has 7 heteroatoms. The van der Waals surface area contributed by atoms with Crippen molar-refractivity contribution < 1.29 is 4.79 Å². The van der Waals surface area contributed by atoms with Gasteiger partial charge >= 0.3 is 0 Å². The molecule has 2 heterocycles. The Labute approximate surface area is 174 Å². The first-order chi connectivity index (χ1) is 13.6. The van der Waals surface area contributed by atoms with Crippen molar-refractivity contribution in [3.8, 4) is 0 Å². The summed E-state index contributed by atoms with van der Waals surface area (Å²) in [7, 11) is 0. The molecule has 3 aromatic rings. The summed E-state index contributed by atoms with van der Waals surface area (Å²) < 4.78 is 2.02. The third-order valence-corrected chi connectivity index (χ3v) is 6.80. The lowest BCUT2D eigenvalue weighted by Gasteiger charge is -2.17. The third-order valence-electron chi connectivity index (χ3n) is 4.77. The number of nitrogens with zero attached hydrogens (tertiary/aromatic N) is 3. The van der Waals surface area contributed by atoms with Crippen molar-refractivity contribution in [3.05, 3.63) is 58.5 Å². The summed E-state index contributed by atoms with van der Waals surface area (Å²) in [6, 6.07) is 12.2. The van der Waals surface area contributed by atoms with Crippen molar-refractivity contribution in [1.29, 1.82) is 0 Å². The molecule has 0 spiro atoms. The number of aryl methyl sites for hydroxylation is 2. The molecule has 0 aliphatic rings. The molecule has 2 aromatic heterocycles. The Morgan fingerprint density at radius 1 is 1.25 bits per heavy atom. The number of rotatable bonds is 9. The number of anilines is 1. The van der Waals surface area contributed by atoms with E-state index in [1.54, 1.807) is 17.7 Å². The van der Waals surface area contributed by atoms with Gasteiger partial charge in [0.05, 0.1) is 5.25 Å². The average Bonchev–Trinajstić information content (AvgIpc) is 3.38. The predicted octanol–water partition coefficient (Wildman–Crippen LogP) is 5.22. The van der Waals surface area contributed by atoms with E-state index in [-0.39, 0.29) is 11.2 Å². The maximum Gasteiger partial charge on any atom is 0.237 e. The number of aromatic nitrogens is 3. The molecule has 1 N–H and O–H groups in total. The summed E-state index contributed by atoms with van der Waals surface area (Å²) in [5.74, 6) is 0.383. The fourth-order valence-corrected chi connectivity index (χ4v) is 4.43. The van der Waals surface area contributed by atoms with E-state index in [4.69, 9.17) is 0 Å². The first-order valence-corrected chi connectivity index (χ1v) is 11.3. The average molecular weight is 415 g/mol. The second-order valence-electron chi connectivity index (χ2n) is 6.78. The number of hydrogen-bond acceptors (Lipinski definition) is 5. The van der Waals surface area contributed by atoms with Crippen molar-refractivity contribution in [3.63, 3.8) is 0 Å². The van der Waals surface area contributed by atoms with E-state index in [0.29, 0.717) is 5.92 Å². The van der Waals surface area contributed by atoms with E-state index in [1.807, 2.05) is 29.7 Å². The number of amides is 1. The molecule has 2 unspecified atom stereocenters. The first kappa shape index (κ1) is 20.6. The van der Waals surface area contributed by atoms with Crippen molar-refractivity contribution >= 4 is 34.7 Å². The van der Waals surface area contributed by atoms with Crippen LogP contribution in [0.5, 0.6) is 0 Å². The number of carbonyl (C=O) groups is 1. The second kappa shape index (κ2) is 9.89. The van der Waals surface area contributed by atoms with Gasteiger partial charge in [0.25, 0.3) is 0 Å². The van der Waals surface area contributed by atoms with Gasteiger partial charge in [-0.25, -0.2) is 0 Å². The van der Waals surface area contributed by atoms with E-state index >= 15 is 0 Å². The molecule has 2 atom stereocenters. The van der Waals surface area contributed by atoms with Gasteiger partial charge in [0, 0.05) is 17.1 Å². The minimum Gasteiger partial charge on any atom is -0.325 e. The molecule has 0 aliphatic heterocycles. The summed E-state index contributed by atoms with van der Waals surface area (Å²) in [5.41, 5.74) is 2.07. The van der Waals surface area contributed by atoms with Gasteiger partial charge in [0.15, 0.2) is 5.16 Å². The maximum absolute atomic E-state index is 12.8. The molecular formula is C21H26N4OS2. The Morgan fingerprint density at radius 2 is 2.07 bits per heavy atom. The van der Waals surface area contributed by atoms with E-state index < -0.39 is 0 Å². The monoisotopic (exact) mass is 414 g/mol. The zero-order valence-corrected chi connectivity index (χ0v) is 18.1. The van der Waals surface area contributed by atoms with Crippen LogP contribution < -0.4 is 5.32 Å². The molecule has 0 saturated carbocycles. The number of thioether (sulfide) groups is 1. The van der Waals surface area contributed by atoms with Gasteiger partial charge < -0.3 is 9.88 Å². The molecule has 0 bridgehead atoms. The SMILES string of the molecule is CCC(C)c1ccccc1NC(=O)C(C)Sc1nncn1CCc1cccs1. The Bertz CT molecular complexity index is 891. The molecule has 28 heavy (non-hydrogen) atoms. The fraction of sp³-hybridized carbons (Fsp3) is 0.381. The minimum absolute atomic E-state index is 0.0199. The molecule has 0 radical (unpaired) electrons. The first-order valence-electron chi connectivity index (χ1n) is 9.55. The van der Waals surface area contributed by atoms with E-state index in [2.05, 4.69) is 52.9 Å². The molecule has 1 amide bonds. The fourth-order valence-electron chi connectivity index (χ4n) is 2.88. The number of hydrogen-bond donors (Lipinski definition) is 1. The predicted molar refractivity (Wildman–Crippen MR) is 117 cm³/mol. The van der Waals surface area contributed by atoms with Crippen LogP contribution in [0.15, 0.2) is 53.3 Å². The molecular weight excluding hydrogens is 388 g/mol.